The number of methoxy groups -OCH3 is 1. The van der Waals surface area contributed by atoms with E-state index in [2.05, 4.69) is 10.4 Å². The number of carbonyl (C=O) groups excluding carboxylic acids is 1. The molecule has 3 heterocycles. The average molecular weight is 447 g/mol. The summed E-state index contributed by atoms with van der Waals surface area (Å²) in [6, 6.07) is 15.4. The molecule has 1 amide bonds. The van der Waals surface area contributed by atoms with Crippen LogP contribution in [0, 0.1) is 12.8 Å². The molecule has 2 atom stereocenters. The smallest absolute Gasteiger partial charge is 0.351 e. The Kier molecular flexibility index (Phi) is 5.22. The molecule has 1 aromatic heterocycles. The SMILES string of the molecule is COc1cccc(Cn2c(C)nn(-c3ccc(C4=CNC(=O)C5C=CSC45)cc3)c2=O)c1. The fourth-order valence-corrected chi connectivity index (χ4v) is 5.22. The number of fused-ring (bicyclic) bond motifs is 1. The van der Waals surface area contributed by atoms with Crippen LogP contribution in [-0.4, -0.2) is 32.6 Å². The molecule has 2 aliphatic rings. The van der Waals surface area contributed by atoms with Gasteiger partial charge in [-0.2, -0.15) is 9.78 Å². The largest absolute Gasteiger partial charge is 0.497 e. The number of aryl methyl sites for hydroxylation is 1. The summed E-state index contributed by atoms with van der Waals surface area (Å²) < 4.78 is 8.35. The number of thioether (sulfide) groups is 1. The number of benzene rings is 2. The van der Waals surface area contributed by atoms with Crippen LogP contribution in [0.25, 0.3) is 11.3 Å². The second kappa shape index (κ2) is 8.20. The monoisotopic (exact) mass is 446 g/mol. The molecule has 8 heteroatoms. The summed E-state index contributed by atoms with van der Waals surface area (Å²) in [7, 11) is 1.62. The van der Waals surface area contributed by atoms with Crippen molar-refractivity contribution in [1.82, 2.24) is 19.7 Å². The molecule has 3 aromatic rings. The van der Waals surface area contributed by atoms with Crippen molar-refractivity contribution in [2.45, 2.75) is 18.7 Å². The van der Waals surface area contributed by atoms with Gasteiger partial charge in [0.25, 0.3) is 0 Å². The molecule has 2 unspecified atom stereocenters. The van der Waals surface area contributed by atoms with Gasteiger partial charge in [-0.25, -0.2) is 4.79 Å². The number of amides is 1. The fourth-order valence-electron chi connectivity index (χ4n) is 4.06. The highest BCUT2D eigenvalue weighted by atomic mass is 32.2. The third kappa shape index (κ3) is 3.56. The topological polar surface area (TPSA) is 78.2 Å². The van der Waals surface area contributed by atoms with E-state index in [1.807, 2.05) is 66.9 Å². The van der Waals surface area contributed by atoms with Crippen LogP contribution in [0.4, 0.5) is 0 Å². The van der Waals surface area contributed by atoms with Crippen molar-refractivity contribution in [3.63, 3.8) is 0 Å². The molecule has 0 saturated carbocycles. The van der Waals surface area contributed by atoms with Crippen LogP contribution in [0.15, 0.2) is 71.0 Å². The van der Waals surface area contributed by atoms with Gasteiger partial charge in [-0.1, -0.05) is 30.3 Å². The predicted molar refractivity (Wildman–Crippen MR) is 125 cm³/mol. The number of nitrogens with one attached hydrogen (secondary N) is 1. The molecule has 7 nitrogen and oxygen atoms in total. The summed E-state index contributed by atoms with van der Waals surface area (Å²) in [6.45, 7) is 2.24. The Morgan fingerprint density at radius 1 is 1.16 bits per heavy atom. The normalized spacial score (nSPS) is 19.4. The van der Waals surface area contributed by atoms with Gasteiger partial charge >= 0.3 is 5.69 Å². The summed E-state index contributed by atoms with van der Waals surface area (Å²) in [5.41, 5.74) is 3.55. The third-order valence-electron chi connectivity index (χ3n) is 5.78. The standard InChI is InChI=1S/C24H22N4O3S/c1-15-26-28(24(30)27(15)14-16-4-3-5-19(12-16)31-2)18-8-6-17(7-9-18)21-13-25-23(29)20-10-11-32-22(20)21/h3-13,20,22H,14H2,1-2H3,(H,25,29). The van der Waals surface area contributed by atoms with Gasteiger partial charge in [0.15, 0.2) is 0 Å². The number of carbonyl (C=O) groups is 1. The molecule has 2 aliphatic heterocycles. The summed E-state index contributed by atoms with van der Waals surface area (Å²) in [4.78, 5) is 25.1. The second-order valence-corrected chi connectivity index (χ2v) is 8.80. The predicted octanol–water partition coefficient (Wildman–Crippen LogP) is 3.12. The minimum atomic E-state index is -0.196. The van der Waals surface area contributed by atoms with Crippen LogP contribution in [0.5, 0.6) is 5.75 Å². The Morgan fingerprint density at radius 3 is 2.75 bits per heavy atom. The van der Waals surface area contributed by atoms with Crippen molar-refractivity contribution >= 4 is 23.2 Å². The molecule has 0 aliphatic carbocycles. The van der Waals surface area contributed by atoms with Gasteiger partial charge in [0, 0.05) is 6.20 Å². The summed E-state index contributed by atoms with van der Waals surface area (Å²) in [5.74, 6) is 1.27. The van der Waals surface area contributed by atoms with Gasteiger partial charge in [-0.3, -0.25) is 9.36 Å². The quantitative estimate of drug-likeness (QED) is 0.652. The molecule has 1 N–H and O–H groups in total. The van der Waals surface area contributed by atoms with Gasteiger partial charge < -0.3 is 10.1 Å². The van der Waals surface area contributed by atoms with E-state index in [0.717, 1.165) is 22.4 Å². The van der Waals surface area contributed by atoms with Crippen LogP contribution in [0.3, 0.4) is 0 Å². The zero-order valence-electron chi connectivity index (χ0n) is 17.7. The van der Waals surface area contributed by atoms with E-state index < -0.39 is 0 Å². The Morgan fingerprint density at radius 2 is 1.97 bits per heavy atom. The minimum Gasteiger partial charge on any atom is -0.497 e. The maximum Gasteiger partial charge on any atom is 0.351 e. The molecule has 2 aromatic carbocycles. The van der Waals surface area contributed by atoms with E-state index in [4.69, 9.17) is 4.74 Å². The van der Waals surface area contributed by atoms with Gasteiger partial charge in [0.1, 0.15) is 11.6 Å². The summed E-state index contributed by atoms with van der Waals surface area (Å²) >= 11 is 1.66. The van der Waals surface area contributed by atoms with Crippen molar-refractivity contribution in [2.75, 3.05) is 7.11 Å². The molecule has 0 saturated heterocycles. The molecule has 0 bridgehead atoms. The molecule has 162 valence electrons. The van der Waals surface area contributed by atoms with Crippen molar-refractivity contribution < 1.29 is 9.53 Å². The Balaban J connectivity index is 1.42. The first-order valence-electron chi connectivity index (χ1n) is 10.3. The Bertz CT molecular complexity index is 1300. The van der Waals surface area contributed by atoms with Crippen molar-refractivity contribution in [2.24, 2.45) is 5.92 Å². The van der Waals surface area contributed by atoms with Gasteiger partial charge in [0.05, 0.1) is 30.5 Å². The summed E-state index contributed by atoms with van der Waals surface area (Å²) in [5, 5.41) is 9.40. The second-order valence-electron chi connectivity index (χ2n) is 7.75. The van der Waals surface area contributed by atoms with E-state index in [-0.39, 0.29) is 22.8 Å². The Labute approximate surface area is 189 Å². The average Bonchev–Trinajstić information content (AvgIpc) is 3.41. The lowest BCUT2D eigenvalue weighted by Gasteiger charge is -2.25. The lowest BCUT2D eigenvalue weighted by Crippen LogP contribution is -2.36. The number of nitrogens with zero attached hydrogens (tertiary/aromatic N) is 3. The van der Waals surface area contributed by atoms with Gasteiger partial charge in [-0.05, 0) is 53.3 Å². The molecule has 0 spiro atoms. The number of hydrogen-bond acceptors (Lipinski definition) is 5. The molecule has 0 radical (unpaired) electrons. The molecule has 32 heavy (non-hydrogen) atoms. The maximum absolute atomic E-state index is 13.1. The fraction of sp³-hybridized carbons (Fsp3) is 0.208. The van der Waals surface area contributed by atoms with Crippen LogP contribution in [0.2, 0.25) is 0 Å². The van der Waals surface area contributed by atoms with Crippen molar-refractivity contribution in [1.29, 1.82) is 0 Å². The minimum absolute atomic E-state index is 0.0280. The first kappa shape index (κ1) is 20.4. The van der Waals surface area contributed by atoms with Gasteiger partial charge in [0.2, 0.25) is 5.91 Å². The highest BCUT2D eigenvalue weighted by Gasteiger charge is 2.35. The molecular weight excluding hydrogens is 424 g/mol. The van der Waals surface area contributed by atoms with E-state index in [9.17, 15) is 9.59 Å². The summed E-state index contributed by atoms with van der Waals surface area (Å²) in [6.07, 6.45) is 3.74. The number of aromatic nitrogens is 3. The first-order chi connectivity index (χ1) is 15.5. The Hall–Kier alpha value is -3.52. The molecular formula is C24H22N4O3S. The first-order valence-corrected chi connectivity index (χ1v) is 11.2. The number of ether oxygens (including phenoxy) is 1. The lowest BCUT2D eigenvalue weighted by molar-refractivity contribution is -0.122. The van der Waals surface area contributed by atoms with E-state index in [1.54, 1.807) is 29.6 Å². The number of rotatable bonds is 5. The van der Waals surface area contributed by atoms with Gasteiger partial charge in [-0.15, -0.1) is 11.8 Å². The lowest BCUT2D eigenvalue weighted by atomic mass is 9.91. The molecule has 0 fully saturated rings. The van der Waals surface area contributed by atoms with Crippen LogP contribution < -0.4 is 15.7 Å². The highest BCUT2D eigenvalue weighted by molar-refractivity contribution is 8.03. The molecule has 5 rings (SSSR count). The van der Waals surface area contributed by atoms with Crippen molar-refractivity contribution in [3.05, 3.63) is 93.7 Å². The zero-order valence-corrected chi connectivity index (χ0v) is 18.5. The highest BCUT2D eigenvalue weighted by Crippen LogP contribution is 2.41. The zero-order chi connectivity index (χ0) is 22.2. The van der Waals surface area contributed by atoms with E-state index >= 15 is 0 Å². The maximum atomic E-state index is 13.1. The number of hydrogen-bond donors (Lipinski definition) is 1. The van der Waals surface area contributed by atoms with E-state index in [1.165, 1.54) is 4.68 Å². The van der Waals surface area contributed by atoms with Crippen molar-refractivity contribution in [3.8, 4) is 11.4 Å². The third-order valence-corrected chi connectivity index (χ3v) is 6.94. The van der Waals surface area contributed by atoms with Crippen LogP contribution >= 0.6 is 11.8 Å². The van der Waals surface area contributed by atoms with Crippen LogP contribution in [-0.2, 0) is 11.3 Å². The van der Waals surface area contributed by atoms with E-state index in [0.29, 0.717) is 18.1 Å². The van der Waals surface area contributed by atoms with Crippen LogP contribution in [0.1, 0.15) is 17.0 Å².